The molecule has 4 fully saturated rings. The third-order valence-electron chi connectivity index (χ3n) is 5.86. The molecule has 0 spiro atoms. The zero-order valence-electron chi connectivity index (χ0n) is 8.66. The van der Waals surface area contributed by atoms with Crippen LogP contribution in [0.3, 0.4) is 0 Å². The van der Waals surface area contributed by atoms with Gasteiger partial charge in [-0.1, -0.05) is 22.6 Å². The zero-order valence-corrected chi connectivity index (χ0v) is 10.8. The SMILES string of the molecule is IC1CC2CC(C1)C1C3CCC(C3)C21. The van der Waals surface area contributed by atoms with Gasteiger partial charge in [0, 0.05) is 3.92 Å². The van der Waals surface area contributed by atoms with Gasteiger partial charge < -0.3 is 0 Å². The Balaban J connectivity index is 1.71. The van der Waals surface area contributed by atoms with Gasteiger partial charge in [-0.15, -0.1) is 0 Å². The summed E-state index contributed by atoms with van der Waals surface area (Å²) in [6.07, 6.45) is 9.60. The molecule has 0 amide bonds. The molecule has 0 aromatic heterocycles. The summed E-state index contributed by atoms with van der Waals surface area (Å²) in [5, 5.41) is 0. The van der Waals surface area contributed by atoms with Gasteiger partial charge in [0.1, 0.15) is 0 Å². The van der Waals surface area contributed by atoms with Crippen LogP contribution in [0.4, 0.5) is 0 Å². The van der Waals surface area contributed by atoms with Crippen molar-refractivity contribution in [1.82, 2.24) is 0 Å². The number of hydrogen-bond donors (Lipinski definition) is 0. The van der Waals surface area contributed by atoms with Crippen LogP contribution in [-0.4, -0.2) is 3.92 Å². The maximum Gasteiger partial charge on any atom is 0.0115 e. The summed E-state index contributed by atoms with van der Waals surface area (Å²) in [5.41, 5.74) is 0. The first-order chi connectivity index (χ1) is 6.83. The number of halogens is 1. The molecule has 4 rings (SSSR count). The third-order valence-corrected chi connectivity index (χ3v) is 6.88. The number of alkyl halides is 1. The average molecular weight is 302 g/mol. The van der Waals surface area contributed by atoms with Gasteiger partial charge in [0.05, 0.1) is 0 Å². The Morgan fingerprint density at radius 2 is 1.14 bits per heavy atom. The van der Waals surface area contributed by atoms with Crippen LogP contribution in [0.25, 0.3) is 0 Å². The van der Waals surface area contributed by atoms with Crippen molar-refractivity contribution in [3.63, 3.8) is 0 Å². The molecule has 0 aromatic carbocycles. The summed E-state index contributed by atoms with van der Waals surface area (Å²) in [5.74, 6) is 7.10. The molecular weight excluding hydrogens is 283 g/mol. The second-order valence-corrected chi connectivity index (χ2v) is 8.07. The van der Waals surface area contributed by atoms with Crippen LogP contribution in [0, 0.1) is 35.5 Å². The van der Waals surface area contributed by atoms with Gasteiger partial charge in [0.25, 0.3) is 0 Å². The van der Waals surface area contributed by atoms with Crippen molar-refractivity contribution in [2.45, 2.75) is 42.4 Å². The van der Waals surface area contributed by atoms with E-state index in [1.54, 1.807) is 38.5 Å². The summed E-state index contributed by atoms with van der Waals surface area (Å²) in [6, 6.07) is 0. The smallest absolute Gasteiger partial charge is 0.0115 e. The molecule has 14 heavy (non-hydrogen) atoms. The molecule has 0 saturated heterocycles. The van der Waals surface area contributed by atoms with Crippen molar-refractivity contribution in [2.75, 3.05) is 0 Å². The lowest BCUT2D eigenvalue weighted by Crippen LogP contribution is -2.22. The second-order valence-electron chi connectivity index (χ2n) is 6.31. The monoisotopic (exact) mass is 302 g/mol. The first-order valence-electron chi connectivity index (χ1n) is 6.47. The van der Waals surface area contributed by atoms with E-state index in [1.807, 2.05) is 0 Å². The highest BCUT2D eigenvalue weighted by Crippen LogP contribution is 2.66. The molecule has 0 N–H and O–H groups in total. The van der Waals surface area contributed by atoms with E-state index in [-0.39, 0.29) is 0 Å². The zero-order chi connectivity index (χ0) is 9.28. The maximum atomic E-state index is 2.72. The summed E-state index contributed by atoms with van der Waals surface area (Å²) >= 11 is 2.72. The lowest BCUT2D eigenvalue weighted by molar-refractivity contribution is 0.199. The molecular formula is C13H19I. The largest absolute Gasteiger partial charge is 0.0826 e. The van der Waals surface area contributed by atoms with Crippen LogP contribution in [0.15, 0.2) is 0 Å². The summed E-state index contributed by atoms with van der Waals surface area (Å²) in [6.45, 7) is 0. The molecule has 1 heteroatoms. The summed E-state index contributed by atoms with van der Waals surface area (Å²) < 4.78 is 1.03. The Morgan fingerprint density at radius 1 is 0.643 bits per heavy atom. The number of hydrogen-bond acceptors (Lipinski definition) is 0. The minimum atomic E-state index is 1.03. The molecule has 0 radical (unpaired) electrons. The van der Waals surface area contributed by atoms with E-state index >= 15 is 0 Å². The maximum absolute atomic E-state index is 2.72. The van der Waals surface area contributed by atoms with Crippen molar-refractivity contribution < 1.29 is 0 Å². The van der Waals surface area contributed by atoms with Crippen LogP contribution < -0.4 is 0 Å². The molecule has 4 bridgehead atoms. The number of fused-ring (bicyclic) bond motifs is 9. The first-order valence-corrected chi connectivity index (χ1v) is 7.71. The van der Waals surface area contributed by atoms with Crippen LogP contribution in [-0.2, 0) is 0 Å². The van der Waals surface area contributed by atoms with Crippen LogP contribution in [0.5, 0.6) is 0 Å². The highest BCUT2D eigenvalue weighted by atomic mass is 127. The van der Waals surface area contributed by atoms with Crippen molar-refractivity contribution in [1.29, 1.82) is 0 Å². The highest BCUT2D eigenvalue weighted by Gasteiger charge is 2.58. The van der Waals surface area contributed by atoms with Crippen LogP contribution in [0.1, 0.15) is 38.5 Å². The molecule has 0 aliphatic heterocycles. The molecule has 0 heterocycles. The Bertz CT molecular complexity index is 238. The minimum absolute atomic E-state index is 1.03. The Hall–Kier alpha value is 0.730. The Labute approximate surface area is 100 Å². The van der Waals surface area contributed by atoms with E-state index in [4.69, 9.17) is 0 Å². The third kappa shape index (κ3) is 1.01. The highest BCUT2D eigenvalue weighted by molar-refractivity contribution is 14.1. The molecule has 4 aliphatic carbocycles. The molecule has 4 saturated carbocycles. The van der Waals surface area contributed by atoms with Gasteiger partial charge in [-0.05, 0) is 74.0 Å². The average Bonchev–Trinajstić information content (AvgIpc) is 2.79. The van der Waals surface area contributed by atoms with E-state index in [0.29, 0.717) is 0 Å². The normalized spacial score (nSPS) is 64.5. The predicted molar refractivity (Wildman–Crippen MR) is 66.5 cm³/mol. The van der Waals surface area contributed by atoms with E-state index in [0.717, 1.165) is 15.8 Å². The Kier molecular flexibility index (Phi) is 1.83. The van der Waals surface area contributed by atoms with Crippen LogP contribution in [0.2, 0.25) is 0 Å². The van der Waals surface area contributed by atoms with Gasteiger partial charge >= 0.3 is 0 Å². The fraction of sp³-hybridized carbons (Fsp3) is 1.00. The second kappa shape index (κ2) is 2.89. The lowest BCUT2D eigenvalue weighted by atomic mass is 9.77. The van der Waals surface area contributed by atoms with Gasteiger partial charge in [-0.3, -0.25) is 0 Å². The quantitative estimate of drug-likeness (QED) is 0.362. The first kappa shape index (κ1) is 8.83. The fourth-order valence-corrected chi connectivity index (χ4v) is 7.05. The molecule has 6 unspecified atom stereocenters. The van der Waals surface area contributed by atoms with Gasteiger partial charge in [0.2, 0.25) is 0 Å². The predicted octanol–water partition coefficient (Wildman–Crippen LogP) is 3.88. The standard InChI is InChI=1S/C13H19I/c14-11-5-9-4-10(6-11)13-8-2-1-7(3-8)12(9)13/h7-13H,1-6H2. The lowest BCUT2D eigenvalue weighted by Gasteiger charge is -2.28. The van der Waals surface area contributed by atoms with Crippen LogP contribution >= 0.6 is 22.6 Å². The van der Waals surface area contributed by atoms with Gasteiger partial charge in [-0.2, -0.15) is 0 Å². The molecule has 4 aliphatic rings. The van der Waals surface area contributed by atoms with Gasteiger partial charge in [-0.25, -0.2) is 0 Å². The van der Waals surface area contributed by atoms with Crippen molar-refractivity contribution in [3.05, 3.63) is 0 Å². The summed E-state index contributed by atoms with van der Waals surface area (Å²) in [4.78, 5) is 0. The number of rotatable bonds is 0. The van der Waals surface area contributed by atoms with Crippen molar-refractivity contribution in [2.24, 2.45) is 35.5 Å². The van der Waals surface area contributed by atoms with E-state index in [1.165, 1.54) is 23.7 Å². The Morgan fingerprint density at radius 3 is 1.71 bits per heavy atom. The molecule has 6 atom stereocenters. The topological polar surface area (TPSA) is 0 Å². The fourth-order valence-electron chi connectivity index (χ4n) is 5.74. The molecule has 0 aromatic rings. The molecule has 78 valence electrons. The summed E-state index contributed by atoms with van der Waals surface area (Å²) in [7, 11) is 0. The minimum Gasteiger partial charge on any atom is -0.0826 e. The van der Waals surface area contributed by atoms with E-state index in [9.17, 15) is 0 Å². The van der Waals surface area contributed by atoms with Gasteiger partial charge in [0.15, 0.2) is 0 Å². The molecule has 0 nitrogen and oxygen atoms in total. The van der Waals surface area contributed by atoms with E-state index in [2.05, 4.69) is 22.6 Å². The van der Waals surface area contributed by atoms with Crippen molar-refractivity contribution >= 4 is 22.6 Å². The van der Waals surface area contributed by atoms with Crippen molar-refractivity contribution in [3.8, 4) is 0 Å². The van der Waals surface area contributed by atoms with E-state index < -0.39 is 0 Å².